The van der Waals surface area contributed by atoms with Crippen molar-refractivity contribution in [3.63, 3.8) is 0 Å². The first-order valence-corrected chi connectivity index (χ1v) is 7.89. The van der Waals surface area contributed by atoms with Gasteiger partial charge in [-0.2, -0.15) is 12.7 Å². The maximum Gasteiger partial charge on any atom is 0.307 e. The fourth-order valence-electron chi connectivity index (χ4n) is 2.06. The molecule has 0 aromatic heterocycles. The van der Waals surface area contributed by atoms with Gasteiger partial charge in [-0.25, -0.2) is 4.72 Å². The van der Waals surface area contributed by atoms with E-state index in [0.717, 1.165) is 25.7 Å². The minimum atomic E-state index is -3.51. The molecule has 0 amide bonds. The third kappa shape index (κ3) is 4.55. The monoisotopic (exact) mass is 278 g/mol. The average molecular weight is 278 g/mol. The molecule has 18 heavy (non-hydrogen) atoms. The maximum atomic E-state index is 11.9. The van der Waals surface area contributed by atoms with Gasteiger partial charge in [0.05, 0.1) is 5.92 Å². The summed E-state index contributed by atoms with van der Waals surface area (Å²) in [5.74, 6) is -1.59. The molecule has 0 bridgehead atoms. The third-order valence-corrected chi connectivity index (χ3v) is 4.73. The summed E-state index contributed by atoms with van der Waals surface area (Å²) in [7, 11) is -3.51. The standard InChI is InChI=1S/C11H22N2O4S/c1-2-6-10(11(14)15)9-12-18(16,17)13-7-4-3-5-8-13/h10,12H,2-9H2,1H3,(H,14,15). The summed E-state index contributed by atoms with van der Waals surface area (Å²) in [5, 5.41) is 8.96. The topological polar surface area (TPSA) is 86.7 Å². The molecule has 0 aromatic rings. The lowest BCUT2D eigenvalue weighted by molar-refractivity contribution is -0.141. The molecule has 1 rings (SSSR count). The summed E-state index contributed by atoms with van der Waals surface area (Å²) in [4.78, 5) is 10.9. The number of carbonyl (C=O) groups is 1. The summed E-state index contributed by atoms with van der Waals surface area (Å²) in [6.07, 6.45) is 4.01. The normalized spacial score (nSPS) is 19.6. The van der Waals surface area contributed by atoms with Gasteiger partial charge < -0.3 is 5.11 Å². The zero-order valence-electron chi connectivity index (χ0n) is 10.8. The Morgan fingerprint density at radius 3 is 2.44 bits per heavy atom. The van der Waals surface area contributed by atoms with Crippen LogP contribution in [0.5, 0.6) is 0 Å². The number of hydrogen-bond acceptors (Lipinski definition) is 3. The molecule has 1 aliphatic heterocycles. The molecular formula is C11H22N2O4S. The molecule has 0 radical (unpaired) electrons. The van der Waals surface area contributed by atoms with Gasteiger partial charge in [0.1, 0.15) is 0 Å². The molecule has 106 valence electrons. The Balaban J connectivity index is 2.51. The highest BCUT2D eigenvalue weighted by Crippen LogP contribution is 2.13. The van der Waals surface area contributed by atoms with E-state index in [0.29, 0.717) is 19.5 Å². The summed E-state index contributed by atoms with van der Waals surface area (Å²) in [6, 6.07) is 0. The predicted octanol–water partition coefficient (Wildman–Crippen LogP) is 0.808. The van der Waals surface area contributed by atoms with Crippen LogP contribution in [-0.2, 0) is 15.0 Å². The highest BCUT2D eigenvalue weighted by molar-refractivity contribution is 7.87. The van der Waals surface area contributed by atoms with Crippen molar-refractivity contribution in [1.29, 1.82) is 0 Å². The first-order chi connectivity index (χ1) is 8.47. The summed E-state index contributed by atoms with van der Waals surface area (Å²) < 4.78 is 27.7. The molecule has 1 fully saturated rings. The highest BCUT2D eigenvalue weighted by atomic mass is 32.2. The zero-order valence-corrected chi connectivity index (χ0v) is 11.6. The van der Waals surface area contributed by atoms with Gasteiger partial charge in [0.25, 0.3) is 10.2 Å². The van der Waals surface area contributed by atoms with Gasteiger partial charge in [-0.15, -0.1) is 0 Å². The molecule has 0 aliphatic carbocycles. The van der Waals surface area contributed by atoms with Gasteiger partial charge in [-0.1, -0.05) is 19.8 Å². The minimum absolute atomic E-state index is 0.0258. The molecule has 0 saturated carbocycles. The Morgan fingerprint density at radius 2 is 1.94 bits per heavy atom. The molecule has 1 saturated heterocycles. The Bertz CT molecular complexity index is 363. The van der Waals surface area contributed by atoms with E-state index >= 15 is 0 Å². The van der Waals surface area contributed by atoms with Crippen LogP contribution in [-0.4, -0.2) is 43.4 Å². The van der Waals surface area contributed by atoms with Crippen LogP contribution in [0.25, 0.3) is 0 Å². The summed E-state index contributed by atoms with van der Waals surface area (Å²) >= 11 is 0. The number of rotatable bonds is 7. The lowest BCUT2D eigenvalue weighted by atomic mass is 10.1. The SMILES string of the molecule is CCCC(CNS(=O)(=O)N1CCCCC1)C(=O)O. The Morgan fingerprint density at radius 1 is 1.33 bits per heavy atom. The van der Waals surface area contributed by atoms with Gasteiger partial charge in [0, 0.05) is 19.6 Å². The second-order valence-corrected chi connectivity index (χ2v) is 6.39. The third-order valence-electron chi connectivity index (χ3n) is 3.15. The van der Waals surface area contributed by atoms with Crippen LogP contribution < -0.4 is 4.72 Å². The van der Waals surface area contributed by atoms with E-state index in [1.807, 2.05) is 6.92 Å². The fraction of sp³-hybridized carbons (Fsp3) is 0.909. The molecule has 1 aliphatic rings. The predicted molar refractivity (Wildman–Crippen MR) is 68.4 cm³/mol. The quantitative estimate of drug-likeness (QED) is 0.721. The second kappa shape index (κ2) is 7.06. The van der Waals surface area contributed by atoms with Gasteiger partial charge in [-0.05, 0) is 19.3 Å². The number of hydrogen-bond donors (Lipinski definition) is 2. The number of carboxylic acid groups (broad SMARTS) is 1. The minimum Gasteiger partial charge on any atom is -0.481 e. The number of piperidine rings is 1. The molecule has 7 heteroatoms. The van der Waals surface area contributed by atoms with Crippen molar-refractivity contribution in [3.05, 3.63) is 0 Å². The first-order valence-electron chi connectivity index (χ1n) is 6.45. The lowest BCUT2D eigenvalue weighted by Crippen LogP contribution is -2.45. The lowest BCUT2D eigenvalue weighted by Gasteiger charge is -2.26. The smallest absolute Gasteiger partial charge is 0.307 e. The summed E-state index contributed by atoms with van der Waals surface area (Å²) in [6.45, 7) is 2.92. The van der Waals surface area contributed by atoms with E-state index in [-0.39, 0.29) is 6.54 Å². The van der Waals surface area contributed by atoms with Crippen molar-refractivity contribution in [2.45, 2.75) is 39.0 Å². The fourth-order valence-corrected chi connectivity index (χ4v) is 3.40. The van der Waals surface area contributed by atoms with E-state index in [9.17, 15) is 13.2 Å². The van der Waals surface area contributed by atoms with E-state index in [1.54, 1.807) is 0 Å². The molecule has 1 atom stereocenters. The van der Waals surface area contributed by atoms with Gasteiger partial charge in [-0.3, -0.25) is 4.79 Å². The van der Waals surface area contributed by atoms with Crippen LogP contribution in [0.2, 0.25) is 0 Å². The van der Waals surface area contributed by atoms with Crippen LogP contribution in [0, 0.1) is 5.92 Å². The van der Waals surface area contributed by atoms with E-state index < -0.39 is 22.1 Å². The second-order valence-electron chi connectivity index (χ2n) is 4.64. The number of aliphatic carboxylic acids is 1. The van der Waals surface area contributed by atoms with Crippen molar-refractivity contribution in [3.8, 4) is 0 Å². The molecular weight excluding hydrogens is 256 g/mol. The summed E-state index contributed by atoms with van der Waals surface area (Å²) in [5.41, 5.74) is 0. The molecule has 1 unspecified atom stereocenters. The maximum absolute atomic E-state index is 11.9. The van der Waals surface area contributed by atoms with Crippen LogP contribution in [0.4, 0.5) is 0 Å². The Hall–Kier alpha value is -0.660. The molecule has 2 N–H and O–H groups in total. The molecule has 1 heterocycles. The van der Waals surface area contributed by atoms with Gasteiger partial charge >= 0.3 is 5.97 Å². The van der Waals surface area contributed by atoms with Crippen LogP contribution in [0.3, 0.4) is 0 Å². The van der Waals surface area contributed by atoms with Crippen molar-refractivity contribution in [2.75, 3.05) is 19.6 Å². The number of nitrogens with one attached hydrogen (secondary N) is 1. The first kappa shape index (κ1) is 15.4. The van der Waals surface area contributed by atoms with Crippen LogP contribution in [0.15, 0.2) is 0 Å². The van der Waals surface area contributed by atoms with Gasteiger partial charge in [0.15, 0.2) is 0 Å². The molecule has 6 nitrogen and oxygen atoms in total. The van der Waals surface area contributed by atoms with Crippen LogP contribution in [0.1, 0.15) is 39.0 Å². The molecule has 0 aromatic carbocycles. The number of carboxylic acids is 1. The van der Waals surface area contributed by atoms with E-state index in [2.05, 4.69) is 4.72 Å². The zero-order chi connectivity index (χ0) is 13.6. The average Bonchev–Trinajstić information content (AvgIpc) is 2.35. The largest absolute Gasteiger partial charge is 0.481 e. The molecule has 0 spiro atoms. The van der Waals surface area contributed by atoms with Crippen LogP contribution >= 0.6 is 0 Å². The van der Waals surface area contributed by atoms with E-state index in [4.69, 9.17) is 5.11 Å². The highest BCUT2D eigenvalue weighted by Gasteiger charge is 2.26. The van der Waals surface area contributed by atoms with Crippen molar-refractivity contribution in [1.82, 2.24) is 9.03 Å². The Kier molecular flexibility index (Phi) is 6.04. The Labute approximate surface area is 109 Å². The van der Waals surface area contributed by atoms with Crippen molar-refractivity contribution < 1.29 is 18.3 Å². The van der Waals surface area contributed by atoms with Crippen molar-refractivity contribution >= 4 is 16.2 Å². The number of nitrogens with zero attached hydrogens (tertiary/aromatic N) is 1. The van der Waals surface area contributed by atoms with Gasteiger partial charge in [0.2, 0.25) is 0 Å². The van der Waals surface area contributed by atoms with Crippen molar-refractivity contribution in [2.24, 2.45) is 5.92 Å². The van der Waals surface area contributed by atoms with E-state index in [1.165, 1.54) is 4.31 Å².